The van der Waals surface area contributed by atoms with Crippen molar-refractivity contribution < 1.29 is 14.3 Å². The Labute approximate surface area is 232 Å². The van der Waals surface area contributed by atoms with Gasteiger partial charge in [0, 0.05) is 23.2 Å². The van der Waals surface area contributed by atoms with Crippen LogP contribution in [0.1, 0.15) is 63.0 Å². The van der Waals surface area contributed by atoms with Gasteiger partial charge in [0.05, 0.1) is 18.5 Å². The van der Waals surface area contributed by atoms with Crippen LogP contribution in [0.5, 0.6) is 5.75 Å². The molecule has 0 fully saturated rings. The molecular weight excluding hydrogens is 500 g/mol. The predicted molar refractivity (Wildman–Crippen MR) is 160 cm³/mol. The predicted octanol–water partition coefficient (Wildman–Crippen LogP) is 4.06. The van der Waals surface area contributed by atoms with E-state index in [1.54, 1.807) is 18.2 Å². The van der Waals surface area contributed by atoms with Crippen molar-refractivity contribution in [1.29, 1.82) is 0 Å². The van der Waals surface area contributed by atoms with E-state index >= 15 is 0 Å². The molecule has 0 spiro atoms. The van der Waals surface area contributed by atoms with Gasteiger partial charge in [0.25, 0.3) is 11.8 Å². The number of rotatable bonds is 7. The minimum atomic E-state index is -0.416. The Hall–Kier alpha value is -3.21. The van der Waals surface area contributed by atoms with Gasteiger partial charge in [-0.1, -0.05) is 47.6 Å². The van der Waals surface area contributed by atoms with Crippen LogP contribution in [0.25, 0.3) is 0 Å². The van der Waals surface area contributed by atoms with Gasteiger partial charge in [-0.25, -0.2) is 5.84 Å². The average molecular weight is 545 g/mol. The third-order valence-electron chi connectivity index (χ3n) is 5.46. The number of aryl methyl sites for hydroxylation is 1. The third kappa shape index (κ3) is 9.27. The molecule has 0 unspecified atom stereocenters. The number of anilines is 2. The lowest BCUT2D eigenvalue weighted by atomic mass is 9.86. The van der Waals surface area contributed by atoms with Crippen molar-refractivity contribution in [3.63, 3.8) is 0 Å². The Balaban J connectivity index is 0.00000352. The lowest BCUT2D eigenvalue weighted by molar-refractivity contribution is -0.117. The summed E-state index contributed by atoms with van der Waals surface area (Å²) in [6, 6.07) is 8.94. The summed E-state index contributed by atoms with van der Waals surface area (Å²) in [7, 11) is 3.03. The van der Waals surface area contributed by atoms with E-state index in [-0.39, 0.29) is 22.4 Å². The minimum absolute atomic E-state index is 0.0407. The molecule has 0 aliphatic rings. The zero-order chi connectivity index (χ0) is 29.4. The van der Waals surface area contributed by atoms with E-state index in [2.05, 4.69) is 49.8 Å². The molecule has 9 nitrogen and oxygen atoms in total. The molecule has 10 heteroatoms. The zero-order valence-electron chi connectivity index (χ0n) is 24.0. The van der Waals surface area contributed by atoms with Crippen LogP contribution in [0.3, 0.4) is 0 Å². The van der Waals surface area contributed by atoms with Crippen molar-refractivity contribution in [2.24, 2.45) is 22.7 Å². The summed E-state index contributed by atoms with van der Waals surface area (Å²) in [5.74, 6) is 5.92. The molecule has 0 aromatic heterocycles. The number of carbonyl (C=O) groups excluding carboxylic acids is 2. The van der Waals surface area contributed by atoms with Crippen molar-refractivity contribution in [2.45, 2.75) is 58.8 Å². The first-order valence-corrected chi connectivity index (χ1v) is 12.7. The first-order valence-electron chi connectivity index (χ1n) is 12.2. The molecule has 210 valence electrons. The fourth-order valence-electron chi connectivity index (χ4n) is 3.30. The van der Waals surface area contributed by atoms with E-state index in [1.165, 1.54) is 25.4 Å². The van der Waals surface area contributed by atoms with Gasteiger partial charge in [0.15, 0.2) is 5.75 Å². The van der Waals surface area contributed by atoms with Crippen LogP contribution in [0.4, 0.5) is 11.4 Å². The number of hydrogen-bond donors (Lipinski definition) is 6. The number of nitrogens with one attached hydrogen (secondary N) is 2. The molecule has 0 saturated heterocycles. The fourth-order valence-corrected chi connectivity index (χ4v) is 3.65. The Kier molecular flexibility index (Phi) is 11.7. The summed E-state index contributed by atoms with van der Waals surface area (Å²) >= 11 is 4.54. The number of hydrazine groups is 1. The summed E-state index contributed by atoms with van der Waals surface area (Å²) in [6.45, 7) is 14.6. The summed E-state index contributed by atoms with van der Waals surface area (Å²) in [5.41, 5.74) is 13.4. The average Bonchev–Trinajstić information content (AvgIpc) is 2.82. The molecular formula is C28H44N6O3S. The lowest BCUT2D eigenvalue weighted by Crippen LogP contribution is -2.37. The lowest BCUT2D eigenvalue weighted by Gasteiger charge is -2.23. The van der Waals surface area contributed by atoms with Crippen LogP contribution in [-0.4, -0.2) is 32.5 Å². The van der Waals surface area contributed by atoms with E-state index in [0.29, 0.717) is 34.1 Å². The minimum Gasteiger partial charge on any atom is -0.493 e. The second kappa shape index (κ2) is 13.5. The van der Waals surface area contributed by atoms with Gasteiger partial charge in [0.1, 0.15) is 5.70 Å². The molecule has 38 heavy (non-hydrogen) atoms. The van der Waals surface area contributed by atoms with Crippen molar-refractivity contribution in [2.75, 3.05) is 31.0 Å². The second-order valence-electron chi connectivity index (χ2n) is 11.0. The Morgan fingerprint density at radius 3 is 2.21 bits per heavy atom. The number of nitrogens with zero attached hydrogens (tertiary/aromatic N) is 1. The largest absolute Gasteiger partial charge is 0.493 e. The highest BCUT2D eigenvalue weighted by Crippen LogP contribution is 2.37. The van der Waals surface area contributed by atoms with Gasteiger partial charge < -0.3 is 26.8 Å². The third-order valence-corrected chi connectivity index (χ3v) is 5.79. The van der Waals surface area contributed by atoms with Gasteiger partial charge >= 0.3 is 0 Å². The number of hydrogen-bond acceptors (Lipinski definition) is 8. The molecule has 8 N–H and O–H groups in total. The number of methoxy groups -OCH3 is 1. The highest BCUT2D eigenvalue weighted by atomic mass is 32.1. The molecule has 0 aliphatic carbocycles. The van der Waals surface area contributed by atoms with E-state index in [0.717, 1.165) is 11.1 Å². The summed E-state index contributed by atoms with van der Waals surface area (Å²) in [5, 5.41) is 6.96. The molecule has 0 bridgehead atoms. The number of nitrogens with two attached hydrogens (primary N) is 3. The number of amides is 2. The first kappa shape index (κ1) is 32.8. The van der Waals surface area contributed by atoms with Crippen molar-refractivity contribution in [1.82, 2.24) is 5.32 Å². The van der Waals surface area contributed by atoms with Gasteiger partial charge in [-0.15, -0.1) is 12.6 Å². The molecule has 0 saturated carbocycles. The van der Waals surface area contributed by atoms with Crippen LogP contribution < -0.4 is 37.7 Å². The van der Waals surface area contributed by atoms with Crippen molar-refractivity contribution in [3.05, 3.63) is 58.9 Å². The van der Waals surface area contributed by atoms with Gasteiger partial charge in [-0.05, 0) is 60.2 Å². The second-order valence-corrected chi connectivity index (χ2v) is 11.5. The Morgan fingerprint density at radius 2 is 1.68 bits per heavy atom. The van der Waals surface area contributed by atoms with Crippen molar-refractivity contribution >= 4 is 35.8 Å². The number of carbonyl (C=O) groups is 2. The fraction of sp³-hybridized carbons (Fsp3) is 0.429. The maximum atomic E-state index is 13.2. The van der Waals surface area contributed by atoms with Crippen LogP contribution >= 0.6 is 12.6 Å². The molecule has 0 heterocycles. The summed E-state index contributed by atoms with van der Waals surface area (Å²) < 4.78 is 5.49. The Morgan fingerprint density at radius 1 is 1.08 bits per heavy atom. The molecule has 2 aromatic carbocycles. The maximum absolute atomic E-state index is 13.2. The molecule has 0 radical (unpaired) electrons. The van der Waals surface area contributed by atoms with Gasteiger partial charge in [-0.3, -0.25) is 14.6 Å². The summed E-state index contributed by atoms with van der Waals surface area (Å²) in [4.78, 5) is 26.2. The smallest absolute Gasteiger partial charge is 0.268 e. The van der Waals surface area contributed by atoms with Crippen LogP contribution in [0, 0.1) is 12.3 Å². The van der Waals surface area contributed by atoms with Crippen LogP contribution in [0.15, 0.2) is 47.1 Å². The van der Waals surface area contributed by atoms with Crippen molar-refractivity contribution in [3.8, 4) is 5.75 Å². The zero-order valence-corrected chi connectivity index (χ0v) is 24.9. The maximum Gasteiger partial charge on any atom is 0.268 e. The molecule has 2 aromatic rings. The number of benzene rings is 2. The first-order chi connectivity index (χ1) is 17.5. The number of ether oxygens (including phenoxy) is 1. The number of thiol groups is 1. The Bertz CT molecular complexity index is 1170. The van der Waals surface area contributed by atoms with E-state index in [4.69, 9.17) is 16.3 Å². The molecule has 2 rings (SSSR count). The molecule has 2 amide bonds. The summed E-state index contributed by atoms with van der Waals surface area (Å²) in [6.07, 6.45) is 1.34. The highest BCUT2D eigenvalue weighted by molar-refractivity contribution is 7.80. The molecule has 0 aliphatic heterocycles. The van der Waals surface area contributed by atoms with E-state index in [9.17, 15) is 9.59 Å². The quantitative estimate of drug-likeness (QED) is 0.133. The SMILES string of the molecule is CN.COc1c(S)cc(C(C)(C)C)cc1NC(=O)c1ccc(C)c(N(N)/C=C(\N)C(=O)NCC(C)(C)C)c1. The topological polar surface area (TPSA) is 149 Å². The highest BCUT2D eigenvalue weighted by Gasteiger charge is 2.21. The van der Waals surface area contributed by atoms with E-state index < -0.39 is 5.91 Å². The monoisotopic (exact) mass is 544 g/mol. The molecule has 0 atom stereocenters. The van der Waals surface area contributed by atoms with Gasteiger partial charge in [-0.2, -0.15) is 0 Å². The normalized spacial score (nSPS) is 11.7. The van der Waals surface area contributed by atoms with Crippen LogP contribution in [0.2, 0.25) is 0 Å². The van der Waals surface area contributed by atoms with Crippen LogP contribution in [-0.2, 0) is 10.2 Å². The van der Waals surface area contributed by atoms with E-state index in [1.807, 2.05) is 39.8 Å². The van der Waals surface area contributed by atoms with Gasteiger partial charge in [0.2, 0.25) is 0 Å². The standard InChI is InChI=1S/C27H39N5O3S.CH5N/c1-16-9-10-17(11-21(16)32(29)14-19(28)25(34)30-15-26(2,3)4)24(33)31-20-12-18(27(5,6)7)13-22(36)23(20)35-8;1-2/h9-14,36H,15,28-29H2,1-8H3,(H,30,34)(H,31,33);2H2,1H3/b19-14-;.